The van der Waals surface area contributed by atoms with Crippen LogP contribution in [0.3, 0.4) is 0 Å². The molecule has 0 spiro atoms. The molecule has 2 aliphatic heterocycles. The molecule has 174 valence electrons. The number of hydrogen-bond acceptors (Lipinski definition) is 7. The van der Waals surface area contributed by atoms with E-state index in [1.54, 1.807) is 31.4 Å². The fraction of sp³-hybridized carbons (Fsp3) is 0.571. The quantitative estimate of drug-likeness (QED) is 0.473. The van der Waals surface area contributed by atoms with Crippen LogP contribution in [0.15, 0.2) is 33.7 Å². The first-order valence-electron chi connectivity index (χ1n) is 10.9. The molecule has 32 heavy (non-hydrogen) atoms. The maximum absolute atomic E-state index is 12.7. The first-order chi connectivity index (χ1) is 15.5. The van der Waals surface area contributed by atoms with E-state index in [1.807, 2.05) is 0 Å². The van der Waals surface area contributed by atoms with Crippen LogP contribution in [-0.4, -0.2) is 79.3 Å². The highest BCUT2D eigenvalue weighted by Gasteiger charge is 2.29. The highest BCUT2D eigenvalue weighted by Crippen LogP contribution is 2.28. The van der Waals surface area contributed by atoms with Crippen LogP contribution in [-0.2, 0) is 14.8 Å². The molecule has 1 atom stereocenters. The van der Waals surface area contributed by atoms with Crippen LogP contribution in [0, 0.1) is 0 Å². The van der Waals surface area contributed by atoms with Crippen LogP contribution in [0.5, 0.6) is 0 Å². The minimum absolute atomic E-state index is 0.0991. The Kier molecular flexibility index (Phi) is 7.39. The molecule has 1 aromatic carbocycles. The van der Waals surface area contributed by atoms with Gasteiger partial charge in [-0.1, -0.05) is 5.16 Å². The second-order valence-corrected chi connectivity index (χ2v) is 10.4. The Hall–Kier alpha value is -2.08. The lowest BCUT2D eigenvalue weighted by atomic mass is 9.98. The number of nitrogens with zero attached hydrogens (tertiary/aromatic N) is 4. The van der Waals surface area contributed by atoms with Crippen molar-refractivity contribution in [1.29, 1.82) is 0 Å². The van der Waals surface area contributed by atoms with Gasteiger partial charge in [-0.15, -0.1) is 0 Å². The van der Waals surface area contributed by atoms with Crippen molar-refractivity contribution in [3.05, 3.63) is 30.2 Å². The molecular formula is C21H29N5O4S2. The smallest absolute Gasteiger partial charge is 0.243 e. The van der Waals surface area contributed by atoms with E-state index in [-0.39, 0.29) is 5.92 Å². The highest BCUT2D eigenvalue weighted by atomic mass is 32.2. The Morgan fingerprint density at radius 1 is 1.22 bits per heavy atom. The van der Waals surface area contributed by atoms with Crippen molar-refractivity contribution in [1.82, 2.24) is 24.7 Å². The van der Waals surface area contributed by atoms with Crippen molar-refractivity contribution >= 4 is 27.4 Å². The largest absolute Gasteiger partial charge is 0.383 e. The Balaban J connectivity index is 1.41. The molecule has 9 nitrogen and oxygen atoms in total. The van der Waals surface area contributed by atoms with E-state index in [4.69, 9.17) is 21.5 Å². The zero-order valence-corrected chi connectivity index (χ0v) is 19.8. The number of aromatic nitrogens is 2. The molecule has 0 amide bonds. The molecule has 2 aromatic rings. The topological polar surface area (TPSA) is 101 Å². The summed E-state index contributed by atoms with van der Waals surface area (Å²) in [7, 11) is -1.77. The number of likely N-dealkylation sites (tertiary alicyclic amines) is 1. The van der Waals surface area contributed by atoms with Crippen LogP contribution < -0.4 is 5.32 Å². The summed E-state index contributed by atoms with van der Waals surface area (Å²) in [6.45, 7) is 4.05. The lowest BCUT2D eigenvalue weighted by molar-refractivity contribution is 0.201. The van der Waals surface area contributed by atoms with E-state index in [1.165, 1.54) is 4.31 Å². The van der Waals surface area contributed by atoms with Crippen molar-refractivity contribution in [3.63, 3.8) is 0 Å². The van der Waals surface area contributed by atoms with Crippen molar-refractivity contribution in [2.45, 2.75) is 36.5 Å². The first-order valence-corrected chi connectivity index (χ1v) is 12.8. The number of sulfonamides is 1. The SMILES string of the molecule is COCCNC(=S)N1CCC[C@@H](c2nc(-c3ccc(S(=O)(=O)N4CCCC4)cc3)no2)C1. The summed E-state index contributed by atoms with van der Waals surface area (Å²) in [5.41, 5.74) is 0.727. The van der Waals surface area contributed by atoms with Crippen LogP contribution in [0.25, 0.3) is 11.4 Å². The van der Waals surface area contributed by atoms with Crippen molar-refractivity contribution in [2.75, 3.05) is 46.4 Å². The number of hydrogen-bond donors (Lipinski definition) is 1. The fourth-order valence-corrected chi connectivity index (χ4v) is 5.89. The monoisotopic (exact) mass is 479 g/mol. The van der Waals surface area contributed by atoms with Gasteiger partial charge in [-0.05, 0) is 62.2 Å². The van der Waals surface area contributed by atoms with Crippen molar-refractivity contribution < 1.29 is 17.7 Å². The number of benzene rings is 1. The van der Waals surface area contributed by atoms with Gasteiger partial charge in [0.15, 0.2) is 5.11 Å². The Morgan fingerprint density at radius 2 is 1.97 bits per heavy atom. The average molecular weight is 480 g/mol. The summed E-state index contributed by atoms with van der Waals surface area (Å²) in [5.74, 6) is 1.14. The third-order valence-electron chi connectivity index (χ3n) is 5.90. The van der Waals surface area contributed by atoms with Crippen molar-refractivity contribution in [3.8, 4) is 11.4 Å². The van der Waals surface area contributed by atoms with Gasteiger partial charge in [-0.3, -0.25) is 0 Å². The molecular weight excluding hydrogens is 450 g/mol. The molecule has 1 aromatic heterocycles. The molecule has 0 bridgehead atoms. The van der Waals surface area contributed by atoms with Crippen molar-refractivity contribution in [2.24, 2.45) is 0 Å². The Morgan fingerprint density at radius 3 is 2.69 bits per heavy atom. The molecule has 1 N–H and O–H groups in total. The second kappa shape index (κ2) is 10.2. The second-order valence-electron chi connectivity index (χ2n) is 8.10. The van der Waals surface area contributed by atoms with Crippen LogP contribution in [0.1, 0.15) is 37.5 Å². The zero-order chi connectivity index (χ0) is 22.6. The van der Waals surface area contributed by atoms with E-state index in [9.17, 15) is 8.42 Å². The average Bonchev–Trinajstić information content (AvgIpc) is 3.52. The van der Waals surface area contributed by atoms with E-state index >= 15 is 0 Å². The molecule has 3 heterocycles. The molecule has 0 unspecified atom stereocenters. The fourth-order valence-electron chi connectivity index (χ4n) is 4.11. The van der Waals surface area contributed by atoms with Gasteiger partial charge in [-0.2, -0.15) is 9.29 Å². The standard InChI is InChI=1S/C21H29N5O4S2/c1-29-14-10-22-21(31)25-11-4-5-17(15-25)20-23-19(24-30-20)16-6-8-18(9-7-16)32(27,28)26-12-2-3-13-26/h6-9,17H,2-5,10-15H2,1H3,(H,22,31)/t17-/m1/s1. The third kappa shape index (κ3) is 5.11. The lowest BCUT2D eigenvalue weighted by Gasteiger charge is -2.33. The van der Waals surface area contributed by atoms with E-state index in [0.29, 0.717) is 54.5 Å². The van der Waals surface area contributed by atoms with Crippen LogP contribution in [0.2, 0.25) is 0 Å². The van der Waals surface area contributed by atoms with Gasteiger partial charge >= 0.3 is 0 Å². The number of methoxy groups -OCH3 is 1. The predicted octanol–water partition coefficient (Wildman–Crippen LogP) is 2.22. The van der Waals surface area contributed by atoms with Gasteiger partial charge < -0.3 is 19.5 Å². The molecule has 2 saturated heterocycles. The van der Waals surface area contributed by atoms with E-state index in [2.05, 4.69) is 20.4 Å². The van der Waals surface area contributed by atoms with Gasteiger partial charge in [0.25, 0.3) is 0 Å². The van der Waals surface area contributed by atoms with Gasteiger partial charge in [0.05, 0.1) is 17.4 Å². The summed E-state index contributed by atoms with van der Waals surface area (Å²) in [4.78, 5) is 7.02. The van der Waals surface area contributed by atoms with Gasteiger partial charge in [0.2, 0.25) is 21.7 Å². The molecule has 0 saturated carbocycles. The minimum atomic E-state index is -3.43. The number of thiocarbonyl (C=S) groups is 1. The maximum atomic E-state index is 12.7. The zero-order valence-electron chi connectivity index (χ0n) is 18.2. The summed E-state index contributed by atoms with van der Waals surface area (Å²) in [5, 5.41) is 8.05. The summed E-state index contributed by atoms with van der Waals surface area (Å²) in [6, 6.07) is 6.70. The summed E-state index contributed by atoms with van der Waals surface area (Å²) in [6.07, 6.45) is 3.76. The van der Waals surface area contributed by atoms with Crippen LogP contribution >= 0.6 is 12.2 Å². The molecule has 2 fully saturated rings. The van der Waals surface area contributed by atoms with Crippen LogP contribution in [0.4, 0.5) is 0 Å². The minimum Gasteiger partial charge on any atom is -0.383 e. The van der Waals surface area contributed by atoms with Gasteiger partial charge in [-0.25, -0.2) is 8.42 Å². The normalized spacial score (nSPS) is 19.9. The molecule has 0 radical (unpaired) electrons. The molecule has 11 heteroatoms. The number of ether oxygens (including phenoxy) is 1. The number of rotatable bonds is 7. The van der Waals surface area contributed by atoms with E-state index in [0.717, 1.165) is 37.8 Å². The maximum Gasteiger partial charge on any atom is 0.243 e. The summed E-state index contributed by atoms with van der Waals surface area (Å²) < 4.78 is 37.6. The number of nitrogens with one attached hydrogen (secondary N) is 1. The molecule has 2 aliphatic rings. The number of piperidine rings is 1. The van der Waals surface area contributed by atoms with Gasteiger partial charge in [0, 0.05) is 45.4 Å². The highest BCUT2D eigenvalue weighted by molar-refractivity contribution is 7.89. The molecule has 0 aliphatic carbocycles. The Bertz CT molecular complexity index is 1020. The predicted molar refractivity (Wildman–Crippen MR) is 124 cm³/mol. The van der Waals surface area contributed by atoms with E-state index < -0.39 is 10.0 Å². The summed E-state index contributed by atoms with van der Waals surface area (Å²) >= 11 is 5.49. The Labute approximate surface area is 194 Å². The van der Waals surface area contributed by atoms with Gasteiger partial charge in [0.1, 0.15) is 0 Å². The molecule has 4 rings (SSSR count). The first kappa shape index (κ1) is 23.1. The lowest BCUT2D eigenvalue weighted by Crippen LogP contribution is -2.45. The third-order valence-corrected chi connectivity index (χ3v) is 8.21.